The molecule has 1 heterocycles. The molecule has 11 heteroatoms. The zero-order valence-electron chi connectivity index (χ0n) is 14.0. The largest absolute Gasteiger partial charge is 0.419 e. The number of amides is 1. The van der Waals surface area contributed by atoms with E-state index >= 15 is 0 Å². The van der Waals surface area contributed by atoms with Gasteiger partial charge in [-0.15, -0.1) is 0 Å². The summed E-state index contributed by atoms with van der Waals surface area (Å²) in [4.78, 5) is 14.3. The number of carbonyl (C=O) groups excluding carboxylic acids is 1. The lowest BCUT2D eigenvalue weighted by Crippen LogP contribution is -2.21. The molecule has 4 N–H and O–H groups in total. The Hall–Kier alpha value is -2.92. The Kier molecular flexibility index (Phi) is 4.90. The van der Waals surface area contributed by atoms with Crippen LogP contribution in [0.2, 0.25) is 0 Å². The van der Waals surface area contributed by atoms with Crippen LogP contribution in [-0.2, 0) is 27.4 Å². The second kappa shape index (κ2) is 6.91. The number of aromatic nitrogens is 1. The van der Waals surface area contributed by atoms with Crippen LogP contribution in [0.3, 0.4) is 0 Å². The molecule has 148 valence electrons. The van der Waals surface area contributed by atoms with Gasteiger partial charge in [-0.2, -0.15) is 13.2 Å². The van der Waals surface area contributed by atoms with Gasteiger partial charge in [0.15, 0.2) is 0 Å². The van der Waals surface area contributed by atoms with Crippen molar-refractivity contribution in [1.29, 1.82) is 0 Å². The van der Waals surface area contributed by atoms with Crippen LogP contribution < -0.4 is 10.5 Å². The molecule has 0 bridgehead atoms. The summed E-state index contributed by atoms with van der Waals surface area (Å²) in [5.74, 6) is -2.61. The quantitative estimate of drug-likeness (QED) is 0.570. The number of hydrogen-bond acceptors (Lipinski definition) is 3. The van der Waals surface area contributed by atoms with Crippen LogP contribution in [0.1, 0.15) is 11.1 Å². The average Bonchev–Trinajstić information content (AvgIpc) is 2.97. The summed E-state index contributed by atoms with van der Waals surface area (Å²) >= 11 is 0. The van der Waals surface area contributed by atoms with Gasteiger partial charge in [-0.25, -0.2) is 17.9 Å². The Morgan fingerprint density at radius 3 is 2.50 bits per heavy atom. The van der Waals surface area contributed by atoms with Crippen molar-refractivity contribution in [2.45, 2.75) is 17.5 Å². The normalized spacial score (nSPS) is 12.3. The van der Waals surface area contributed by atoms with Crippen LogP contribution in [0, 0.1) is 5.82 Å². The highest BCUT2D eigenvalue weighted by Crippen LogP contribution is 2.35. The molecule has 0 fully saturated rings. The van der Waals surface area contributed by atoms with Gasteiger partial charge in [-0.05, 0) is 23.8 Å². The fourth-order valence-electron chi connectivity index (χ4n) is 2.75. The molecule has 1 aromatic heterocycles. The predicted octanol–water partition coefficient (Wildman–Crippen LogP) is 3.15. The van der Waals surface area contributed by atoms with Crippen LogP contribution in [0.4, 0.5) is 23.2 Å². The van der Waals surface area contributed by atoms with E-state index in [2.05, 4.69) is 10.3 Å². The Bertz CT molecular complexity index is 1170. The molecule has 0 saturated carbocycles. The van der Waals surface area contributed by atoms with Crippen molar-refractivity contribution >= 4 is 32.5 Å². The molecule has 3 aromatic rings. The minimum Gasteiger partial charge on any atom is -0.361 e. The Balaban J connectivity index is 1.97. The van der Waals surface area contributed by atoms with Gasteiger partial charge < -0.3 is 10.3 Å². The minimum atomic E-state index is -5.09. The number of aromatic amines is 1. The fraction of sp³-hybridized carbons (Fsp3) is 0.118. The molecule has 0 saturated heterocycles. The van der Waals surface area contributed by atoms with Gasteiger partial charge in [-0.1, -0.05) is 18.2 Å². The van der Waals surface area contributed by atoms with Crippen molar-refractivity contribution in [2.24, 2.45) is 5.14 Å². The van der Waals surface area contributed by atoms with E-state index in [1.807, 2.05) is 0 Å². The Labute approximate surface area is 156 Å². The van der Waals surface area contributed by atoms with Gasteiger partial charge in [0, 0.05) is 17.1 Å². The lowest BCUT2D eigenvalue weighted by atomic mass is 10.1. The number of sulfonamides is 1. The number of anilines is 1. The fourth-order valence-corrected chi connectivity index (χ4v) is 3.43. The Morgan fingerprint density at radius 1 is 1.18 bits per heavy atom. The molecule has 0 aliphatic carbocycles. The minimum absolute atomic E-state index is 0.138. The number of nitrogens with two attached hydrogens (primary N) is 1. The van der Waals surface area contributed by atoms with Crippen LogP contribution in [0.5, 0.6) is 0 Å². The number of halogens is 4. The van der Waals surface area contributed by atoms with E-state index in [0.717, 1.165) is 10.9 Å². The van der Waals surface area contributed by atoms with Crippen molar-refractivity contribution < 1.29 is 30.8 Å². The molecule has 3 rings (SSSR count). The van der Waals surface area contributed by atoms with Crippen molar-refractivity contribution in [1.82, 2.24) is 4.98 Å². The SMILES string of the molecule is NS(=O)(=O)c1cc(F)c(C(F)(F)F)cc1NC(=O)Cc1c[nH]c2ccccc12. The smallest absolute Gasteiger partial charge is 0.361 e. The summed E-state index contributed by atoms with van der Waals surface area (Å²) in [6.07, 6.45) is -3.79. The lowest BCUT2D eigenvalue weighted by molar-refractivity contribution is -0.140. The summed E-state index contributed by atoms with van der Waals surface area (Å²) in [6.45, 7) is 0. The molecule has 0 unspecified atom stereocenters. The summed E-state index contributed by atoms with van der Waals surface area (Å²) in [6, 6.07) is 7.38. The number of alkyl halides is 3. The molecule has 0 radical (unpaired) electrons. The molecule has 0 atom stereocenters. The maximum atomic E-state index is 13.7. The first-order chi connectivity index (χ1) is 13.0. The van der Waals surface area contributed by atoms with Crippen molar-refractivity contribution in [2.75, 3.05) is 5.32 Å². The highest BCUT2D eigenvalue weighted by molar-refractivity contribution is 7.89. The van der Waals surface area contributed by atoms with Gasteiger partial charge in [-0.3, -0.25) is 4.79 Å². The summed E-state index contributed by atoms with van der Waals surface area (Å²) in [7, 11) is -4.59. The number of para-hydroxylation sites is 1. The molecule has 1 amide bonds. The van der Waals surface area contributed by atoms with Crippen LogP contribution >= 0.6 is 0 Å². The number of nitrogens with one attached hydrogen (secondary N) is 2. The molecule has 28 heavy (non-hydrogen) atoms. The third-order valence-electron chi connectivity index (χ3n) is 3.98. The van der Waals surface area contributed by atoms with Gasteiger partial charge in [0.25, 0.3) is 0 Å². The standard InChI is InChI=1S/C17H13F4N3O3S/c18-12-7-15(28(22,26)27)14(6-11(12)17(19,20)21)24-16(25)5-9-8-23-13-4-2-1-3-10(9)13/h1-4,6-8,23H,5H2,(H,24,25)(H2,22,26,27). The zero-order valence-corrected chi connectivity index (χ0v) is 14.8. The van der Waals surface area contributed by atoms with Crippen molar-refractivity contribution in [3.05, 3.63) is 59.5 Å². The van der Waals surface area contributed by atoms with E-state index in [9.17, 15) is 30.8 Å². The monoisotopic (exact) mass is 415 g/mol. The zero-order chi connectivity index (χ0) is 20.7. The first-order valence-electron chi connectivity index (χ1n) is 7.75. The molecule has 2 aromatic carbocycles. The number of benzene rings is 2. The topological polar surface area (TPSA) is 105 Å². The highest BCUT2D eigenvalue weighted by atomic mass is 32.2. The molecular formula is C17H13F4N3O3S. The average molecular weight is 415 g/mol. The first-order valence-corrected chi connectivity index (χ1v) is 9.30. The van der Waals surface area contributed by atoms with Crippen molar-refractivity contribution in [3.63, 3.8) is 0 Å². The molecule has 6 nitrogen and oxygen atoms in total. The van der Waals surface area contributed by atoms with Gasteiger partial charge in [0.2, 0.25) is 15.9 Å². The molecule has 0 aliphatic heterocycles. The van der Waals surface area contributed by atoms with Gasteiger partial charge >= 0.3 is 6.18 Å². The highest BCUT2D eigenvalue weighted by Gasteiger charge is 2.36. The van der Waals surface area contributed by atoms with E-state index < -0.39 is 44.1 Å². The number of rotatable bonds is 4. The second-order valence-corrected chi connectivity index (χ2v) is 7.49. The van der Waals surface area contributed by atoms with E-state index in [1.54, 1.807) is 30.5 Å². The van der Waals surface area contributed by atoms with E-state index in [-0.39, 0.29) is 18.6 Å². The maximum Gasteiger partial charge on any atom is 0.419 e. The first kappa shape index (κ1) is 19.8. The van der Waals surface area contributed by atoms with E-state index in [0.29, 0.717) is 5.56 Å². The van der Waals surface area contributed by atoms with Crippen molar-refractivity contribution in [3.8, 4) is 0 Å². The predicted molar refractivity (Wildman–Crippen MR) is 93.4 cm³/mol. The summed E-state index contributed by atoms with van der Waals surface area (Å²) in [5.41, 5.74) is -1.18. The Morgan fingerprint density at radius 2 is 1.86 bits per heavy atom. The van der Waals surface area contributed by atoms with Crippen LogP contribution in [-0.4, -0.2) is 19.3 Å². The number of hydrogen-bond donors (Lipinski definition) is 3. The second-order valence-electron chi connectivity index (χ2n) is 5.96. The van der Waals surface area contributed by atoms with E-state index in [4.69, 9.17) is 5.14 Å². The maximum absolute atomic E-state index is 13.7. The number of fused-ring (bicyclic) bond motifs is 1. The summed E-state index contributed by atoms with van der Waals surface area (Å²) in [5, 5.41) is 7.74. The molecular weight excluding hydrogens is 402 g/mol. The molecule has 0 spiro atoms. The number of carbonyl (C=O) groups is 1. The van der Waals surface area contributed by atoms with Gasteiger partial charge in [0.1, 0.15) is 10.7 Å². The number of primary sulfonamides is 1. The number of H-pyrrole nitrogens is 1. The van der Waals surface area contributed by atoms with Gasteiger partial charge in [0.05, 0.1) is 17.7 Å². The third-order valence-corrected chi connectivity index (χ3v) is 4.93. The van der Waals surface area contributed by atoms with Crippen LogP contribution in [0.25, 0.3) is 10.9 Å². The molecule has 0 aliphatic rings. The third kappa shape index (κ3) is 3.99. The lowest BCUT2D eigenvalue weighted by Gasteiger charge is -2.14. The van der Waals surface area contributed by atoms with E-state index in [1.165, 1.54) is 0 Å². The van der Waals surface area contributed by atoms with Crippen LogP contribution in [0.15, 0.2) is 47.5 Å². The summed E-state index contributed by atoms with van der Waals surface area (Å²) < 4.78 is 75.8.